The number of aryl methyl sites for hydroxylation is 6. The Morgan fingerprint density at radius 3 is 1.69 bits per heavy atom. The van der Waals surface area contributed by atoms with Gasteiger partial charge in [0.2, 0.25) is 6.33 Å². The number of imidazole rings is 3. The summed E-state index contributed by atoms with van der Waals surface area (Å²) in [6, 6.07) is 18.6. The second-order valence-corrected chi connectivity index (χ2v) is 12.6. The monoisotopic (exact) mass is 685 g/mol. The van der Waals surface area contributed by atoms with Crippen LogP contribution in [-0.2, 0) is 40.3 Å². The van der Waals surface area contributed by atoms with E-state index in [1.165, 1.54) is 0 Å². The van der Waals surface area contributed by atoms with Crippen LogP contribution in [-0.4, -0.2) is 23.9 Å². The molecular weight excluding hydrogens is 644 g/mol. The van der Waals surface area contributed by atoms with Gasteiger partial charge in [0.15, 0.2) is 0 Å². The lowest BCUT2D eigenvalue weighted by Gasteiger charge is -2.06. The summed E-state index contributed by atoms with van der Waals surface area (Å²) in [6.07, 6.45) is 15.9. The Morgan fingerprint density at radius 1 is 0.627 bits per heavy atom. The van der Waals surface area contributed by atoms with Crippen molar-refractivity contribution in [3.05, 3.63) is 104 Å². The maximum Gasteiger partial charge on any atom is 0.421 e. The van der Waals surface area contributed by atoms with E-state index in [0.717, 1.165) is 60.6 Å². The molecule has 0 saturated heterocycles. The lowest BCUT2D eigenvalue weighted by atomic mass is 10.1. The van der Waals surface area contributed by atoms with Crippen LogP contribution in [0.1, 0.15) is 12.8 Å². The Morgan fingerprint density at radius 2 is 1.14 bits per heavy atom. The van der Waals surface area contributed by atoms with Crippen molar-refractivity contribution in [2.45, 2.75) is 39.0 Å². The van der Waals surface area contributed by atoms with Crippen LogP contribution in [0.15, 0.2) is 125 Å². The van der Waals surface area contributed by atoms with Gasteiger partial charge in [0.25, 0.3) is 0 Å². The standard InChI is InChI=1S/C37H38N12O2/c1-44-17-21-48(36(44)42-40-34-28-11-5-3-9-26(28)23-30(50)32(34)38)15-7-13-46-19-20-47(25-46)14-8-16-49-22-18-45(2)37(49)43-41-35-29-12-6-4-10-27(29)24-31(51)33(35)39/h3-6,9-12,17-25,38-39H,7-8,13-16H2,1-2H3,(H-,40,41,50,51)/p+3. The maximum atomic E-state index is 10.3. The number of fused-ring (bicyclic) bond motifs is 2. The number of aromatic hydroxyl groups is 2. The zero-order valence-electron chi connectivity index (χ0n) is 28.6. The molecule has 0 spiro atoms. The topological polar surface area (TPSA) is 168 Å². The first-order chi connectivity index (χ1) is 24.8. The predicted octanol–water partition coefficient (Wildman–Crippen LogP) is 5.92. The van der Waals surface area contributed by atoms with E-state index in [1.54, 1.807) is 12.1 Å². The molecule has 0 unspecified atom stereocenters. The van der Waals surface area contributed by atoms with Crippen LogP contribution in [0, 0.1) is 0 Å². The zero-order valence-corrected chi connectivity index (χ0v) is 28.6. The summed E-state index contributed by atoms with van der Waals surface area (Å²) in [5, 5.41) is 42.1. The van der Waals surface area contributed by atoms with Gasteiger partial charge in [-0.25, -0.2) is 27.4 Å². The molecule has 3 heterocycles. The summed E-state index contributed by atoms with van der Waals surface area (Å²) in [5.74, 6) is 1.34. The minimum atomic E-state index is -0.0114. The number of hydrogen-bond acceptors (Lipinski definition) is 8. The fraction of sp³-hybridized carbons (Fsp3) is 0.216. The van der Waals surface area contributed by atoms with Crippen LogP contribution in [0.25, 0.3) is 21.5 Å². The zero-order chi connectivity index (χ0) is 35.5. The van der Waals surface area contributed by atoms with Crippen molar-refractivity contribution in [3.63, 3.8) is 0 Å². The van der Waals surface area contributed by atoms with E-state index < -0.39 is 0 Å². The first kappa shape index (κ1) is 33.0. The van der Waals surface area contributed by atoms with Gasteiger partial charge in [0.05, 0.1) is 65.1 Å². The Labute approximate surface area is 294 Å². The third kappa shape index (κ3) is 6.84. The summed E-state index contributed by atoms with van der Waals surface area (Å²) >= 11 is 0. The molecule has 0 fully saturated rings. The summed E-state index contributed by atoms with van der Waals surface area (Å²) in [4.78, 5) is 0. The lowest BCUT2D eigenvalue weighted by Crippen LogP contribution is -2.32. The smallest absolute Gasteiger partial charge is 0.421 e. The van der Waals surface area contributed by atoms with Crippen molar-refractivity contribution in [2.24, 2.45) is 34.6 Å². The maximum absolute atomic E-state index is 10.3. The quantitative estimate of drug-likeness (QED) is 0.0542. The molecule has 51 heavy (non-hydrogen) atoms. The molecule has 14 heteroatoms. The van der Waals surface area contributed by atoms with Crippen molar-refractivity contribution >= 4 is 56.2 Å². The number of phenols is 2. The Hall–Kier alpha value is -6.57. The molecule has 14 nitrogen and oxygen atoms in total. The highest BCUT2D eigenvalue weighted by atomic mass is 16.3. The fourth-order valence-electron chi connectivity index (χ4n) is 6.25. The average Bonchev–Trinajstić information content (AvgIpc) is 3.83. The summed E-state index contributed by atoms with van der Waals surface area (Å²) in [6.45, 7) is 3.16. The van der Waals surface area contributed by atoms with Gasteiger partial charge in [-0.15, -0.1) is 0 Å². The van der Waals surface area contributed by atoms with Crippen LogP contribution in [0.5, 0.6) is 11.5 Å². The first-order valence-corrected chi connectivity index (χ1v) is 16.7. The van der Waals surface area contributed by atoms with Gasteiger partial charge >= 0.3 is 11.9 Å². The van der Waals surface area contributed by atoms with Crippen LogP contribution < -0.4 is 25.2 Å². The van der Waals surface area contributed by atoms with E-state index in [1.807, 2.05) is 96.5 Å². The molecule has 0 saturated carbocycles. The second kappa shape index (κ2) is 14.1. The largest absolute Gasteiger partial charge is 0.506 e. The third-order valence-electron chi connectivity index (χ3n) is 9.02. The molecule has 7 aromatic rings. The van der Waals surface area contributed by atoms with E-state index >= 15 is 0 Å². The summed E-state index contributed by atoms with van der Waals surface area (Å²) in [7, 11) is 3.85. The summed E-state index contributed by atoms with van der Waals surface area (Å²) in [5.41, 5.74) is 13.7. The van der Waals surface area contributed by atoms with Crippen molar-refractivity contribution < 1.29 is 23.9 Å². The first-order valence-electron chi connectivity index (χ1n) is 16.7. The molecule has 4 aromatic carbocycles. The molecule has 3 aromatic heterocycles. The number of azo groups is 2. The number of nitrogens with two attached hydrogens (primary N) is 2. The Kier molecular flexibility index (Phi) is 9.12. The second-order valence-electron chi connectivity index (χ2n) is 12.6. The van der Waals surface area contributed by atoms with E-state index in [9.17, 15) is 10.2 Å². The van der Waals surface area contributed by atoms with Crippen molar-refractivity contribution in [2.75, 3.05) is 11.5 Å². The molecule has 6 N–H and O–H groups in total. The van der Waals surface area contributed by atoms with Crippen molar-refractivity contribution in [1.29, 1.82) is 0 Å². The van der Waals surface area contributed by atoms with Gasteiger partial charge in [-0.1, -0.05) is 58.8 Å². The third-order valence-corrected chi connectivity index (χ3v) is 9.02. The molecule has 258 valence electrons. The lowest BCUT2D eigenvalue weighted by molar-refractivity contribution is -0.697. The van der Waals surface area contributed by atoms with E-state index in [4.69, 9.17) is 11.5 Å². The van der Waals surface area contributed by atoms with Crippen molar-refractivity contribution in [1.82, 2.24) is 13.7 Å². The molecule has 0 amide bonds. The van der Waals surface area contributed by atoms with Crippen LogP contribution in [0.2, 0.25) is 0 Å². The number of benzene rings is 4. The fourth-order valence-corrected chi connectivity index (χ4v) is 6.25. The van der Waals surface area contributed by atoms with E-state index in [2.05, 4.69) is 57.4 Å². The van der Waals surface area contributed by atoms with Crippen LogP contribution in [0.4, 0.5) is 34.6 Å². The van der Waals surface area contributed by atoms with Crippen molar-refractivity contribution in [3.8, 4) is 11.5 Å². The number of nitrogen functional groups attached to an aromatic ring is 2. The highest BCUT2D eigenvalue weighted by Crippen LogP contribution is 2.40. The van der Waals surface area contributed by atoms with Gasteiger partial charge < -0.3 is 21.7 Å². The van der Waals surface area contributed by atoms with Gasteiger partial charge in [0.1, 0.15) is 46.6 Å². The number of anilines is 2. The van der Waals surface area contributed by atoms with Gasteiger partial charge in [0, 0.05) is 33.8 Å². The predicted molar refractivity (Wildman–Crippen MR) is 193 cm³/mol. The van der Waals surface area contributed by atoms with Gasteiger partial charge in [-0.2, -0.15) is 0 Å². The van der Waals surface area contributed by atoms with E-state index in [0.29, 0.717) is 23.3 Å². The molecule has 0 bridgehead atoms. The van der Waals surface area contributed by atoms with E-state index in [-0.39, 0.29) is 22.9 Å². The number of phenolic OH excluding ortho intramolecular Hbond substituents is 2. The average molecular weight is 686 g/mol. The van der Waals surface area contributed by atoms with Crippen LogP contribution in [0.3, 0.4) is 0 Å². The Bertz CT molecular complexity index is 2250. The minimum absolute atomic E-state index is 0.0114. The normalized spacial score (nSPS) is 12.0. The molecule has 0 atom stereocenters. The summed E-state index contributed by atoms with van der Waals surface area (Å²) < 4.78 is 12.3. The molecule has 0 aliphatic heterocycles. The van der Waals surface area contributed by atoms with Gasteiger partial charge in [-0.05, 0) is 22.9 Å². The Balaban J connectivity index is 0.953. The SMILES string of the molecule is C[n+]1ccn(CCCn2cc[n+](CCCn3cc[n+](C)c3N=Nc3c(N)c(O)cc4ccccc34)c2)c1N=Nc1c(N)c(O)cc2ccccc12. The van der Waals surface area contributed by atoms with Gasteiger partial charge in [-0.3, -0.25) is 0 Å². The molecule has 0 aliphatic carbocycles. The number of nitrogens with zero attached hydrogens (tertiary/aromatic N) is 10. The minimum Gasteiger partial charge on any atom is -0.506 e. The molecular formula is C37H41N12O2+3. The highest BCUT2D eigenvalue weighted by molar-refractivity contribution is 6.01. The number of rotatable bonds is 12. The highest BCUT2D eigenvalue weighted by Gasteiger charge is 2.19. The molecule has 0 radical (unpaired) electrons. The molecule has 0 aliphatic rings. The number of hydrogen-bond donors (Lipinski definition) is 4. The van der Waals surface area contributed by atoms with Crippen LogP contribution >= 0.6 is 0 Å². The number of aromatic nitrogens is 6. The molecule has 7 rings (SSSR count).